The highest BCUT2D eigenvalue weighted by molar-refractivity contribution is 6.31. The van der Waals surface area contributed by atoms with E-state index in [1.54, 1.807) is 17.0 Å². The second kappa shape index (κ2) is 12.2. The summed E-state index contributed by atoms with van der Waals surface area (Å²) in [6, 6.07) is 22.1. The minimum absolute atomic E-state index is 0.114. The molecule has 1 aromatic heterocycles. The van der Waals surface area contributed by atoms with E-state index in [9.17, 15) is 9.18 Å². The van der Waals surface area contributed by atoms with E-state index < -0.39 is 0 Å². The van der Waals surface area contributed by atoms with Crippen LogP contribution in [0.4, 0.5) is 10.1 Å². The first-order chi connectivity index (χ1) is 19.3. The molecule has 3 aromatic carbocycles. The van der Waals surface area contributed by atoms with Gasteiger partial charge in [0.2, 0.25) is 0 Å². The maximum Gasteiger partial charge on any atom is 0.274 e. The van der Waals surface area contributed by atoms with Crippen LogP contribution in [0, 0.1) is 19.7 Å². The Morgan fingerprint density at radius 2 is 1.65 bits per heavy atom. The molecule has 8 heteroatoms. The van der Waals surface area contributed by atoms with Gasteiger partial charge in [0.1, 0.15) is 17.3 Å². The predicted molar refractivity (Wildman–Crippen MR) is 160 cm³/mol. The van der Waals surface area contributed by atoms with Gasteiger partial charge >= 0.3 is 0 Å². The molecule has 6 nitrogen and oxygen atoms in total. The zero-order chi connectivity index (χ0) is 28.2. The number of halogens is 2. The summed E-state index contributed by atoms with van der Waals surface area (Å²) in [6.07, 6.45) is 0.877. The van der Waals surface area contributed by atoms with E-state index in [0.717, 1.165) is 66.7 Å². The molecule has 1 amide bonds. The fourth-order valence-corrected chi connectivity index (χ4v) is 5.53. The normalized spacial score (nSPS) is 14.0. The molecule has 0 unspecified atom stereocenters. The number of amides is 1. The lowest BCUT2D eigenvalue weighted by Gasteiger charge is -2.37. The van der Waals surface area contributed by atoms with Gasteiger partial charge in [0, 0.05) is 61.7 Å². The van der Waals surface area contributed by atoms with Gasteiger partial charge < -0.3 is 9.80 Å². The van der Waals surface area contributed by atoms with Crippen molar-refractivity contribution in [3.05, 3.63) is 101 Å². The van der Waals surface area contributed by atoms with E-state index in [4.69, 9.17) is 16.6 Å². The molecule has 1 fully saturated rings. The molecular formula is C32H35ClFN5O. The zero-order valence-electron chi connectivity index (χ0n) is 23.3. The Kier molecular flexibility index (Phi) is 8.52. The third kappa shape index (κ3) is 5.91. The number of piperazine rings is 1. The fraction of sp³-hybridized carbons (Fsp3) is 0.312. The van der Waals surface area contributed by atoms with E-state index in [1.165, 1.54) is 17.8 Å². The Morgan fingerprint density at radius 1 is 0.950 bits per heavy atom. The summed E-state index contributed by atoms with van der Waals surface area (Å²) in [5, 5.41) is 0.807. The van der Waals surface area contributed by atoms with Crippen molar-refractivity contribution < 1.29 is 9.18 Å². The monoisotopic (exact) mass is 559 g/mol. The Bertz CT molecular complexity index is 1460. The van der Waals surface area contributed by atoms with Crippen molar-refractivity contribution in [2.45, 2.75) is 20.3 Å². The van der Waals surface area contributed by atoms with Crippen LogP contribution >= 0.6 is 11.6 Å². The molecule has 1 aliphatic rings. The molecule has 40 heavy (non-hydrogen) atoms. The van der Waals surface area contributed by atoms with Crippen LogP contribution in [-0.2, 0) is 0 Å². The highest BCUT2D eigenvalue weighted by Crippen LogP contribution is 2.28. The number of benzene rings is 3. The maximum atomic E-state index is 13.6. The lowest BCUT2D eigenvalue weighted by atomic mass is 10.1. The van der Waals surface area contributed by atoms with Gasteiger partial charge in [0.25, 0.3) is 5.91 Å². The van der Waals surface area contributed by atoms with E-state index in [2.05, 4.69) is 22.8 Å². The van der Waals surface area contributed by atoms with Crippen molar-refractivity contribution in [3.63, 3.8) is 0 Å². The van der Waals surface area contributed by atoms with Crippen molar-refractivity contribution in [2.24, 2.45) is 0 Å². The van der Waals surface area contributed by atoms with Gasteiger partial charge in [0.15, 0.2) is 0 Å². The van der Waals surface area contributed by atoms with E-state index in [1.807, 2.05) is 61.0 Å². The summed E-state index contributed by atoms with van der Waals surface area (Å²) in [5.74, 6) is 0.242. The summed E-state index contributed by atoms with van der Waals surface area (Å²) < 4.78 is 15.6. The largest absolute Gasteiger partial charge is 0.369 e. The average Bonchev–Trinajstić information content (AvgIpc) is 3.32. The summed E-state index contributed by atoms with van der Waals surface area (Å²) in [5.41, 5.74) is 5.14. The van der Waals surface area contributed by atoms with Gasteiger partial charge in [-0.15, -0.1) is 0 Å². The Morgan fingerprint density at radius 3 is 2.35 bits per heavy atom. The first-order valence-corrected chi connectivity index (χ1v) is 14.1. The molecule has 0 saturated carbocycles. The standard InChI is InChI=1S/C32H35ClFN5O/c1-23-28(33)11-7-12-29(23)38-21-19-37(20-22-38)18-8-17-36(3)32(40)30-24(2)39(27-15-13-26(34)14-16-27)31(35-30)25-9-5-4-6-10-25/h4-7,9-16H,8,17-22H2,1-3H3. The summed E-state index contributed by atoms with van der Waals surface area (Å²) >= 11 is 6.33. The number of rotatable bonds is 8. The van der Waals surface area contributed by atoms with Gasteiger partial charge in [-0.25, -0.2) is 9.37 Å². The fourth-order valence-electron chi connectivity index (χ4n) is 5.36. The molecule has 1 aliphatic heterocycles. The highest BCUT2D eigenvalue weighted by Gasteiger charge is 2.24. The third-order valence-electron chi connectivity index (χ3n) is 7.69. The number of hydrogen-bond acceptors (Lipinski definition) is 4. The number of hydrogen-bond donors (Lipinski definition) is 0. The molecular weight excluding hydrogens is 525 g/mol. The van der Waals surface area contributed by atoms with Crippen LogP contribution in [0.5, 0.6) is 0 Å². The van der Waals surface area contributed by atoms with Crippen molar-refractivity contribution in [3.8, 4) is 17.1 Å². The molecule has 2 heterocycles. The lowest BCUT2D eigenvalue weighted by Crippen LogP contribution is -2.47. The predicted octanol–water partition coefficient (Wildman–Crippen LogP) is 6.23. The molecule has 0 radical (unpaired) electrons. The van der Waals surface area contributed by atoms with Crippen molar-refractivity contribution in [1.82, 2.24) is 19.4 Å². The molecule has 4 aromatic rings. The zero-order valence-corrected chi connectivity index (χ0v) is 24.0. The van der Waals surface area contributed by atoms with Gasteiger partial charge in [-0.2, -0.15) is 0 Å². The Hall–Kier alpha value is -3.68. The SMILES string of the molecule is Cc1c(Cl)cccc1N1CCN(CCCN(C)C(=O)c2nc(-c3ccccc3)n(-c3ccc(F)cc3)c2C)CC1. The molecule has 0 aliphatic carbocycles. The molecule has 5 rings (SSSR count). The third-order valence-corrected chi connectivity index (χ3v) is 8.10. The highest BCUT2D eigenvalue weighted by atomic mass is 35.5. The molecule has 0 atom stereocenters. The lowest BCUT2D eigenvalue weighted by molar-refractivity contribution is 0.0782. The van der Waals surface area contributed by atoms with Gasteiger partial charge in [-0.3, -0.25) is 14.3 Å². The van der Waals surface area contributed by atoms with E-state index >= 15 is 0 Å². The van der Waals surface area contributed by atoms with Crippen molar-refractivity contribution in [1.29, 1.82) is 0 Å². The molecule has 0 spiro atoms. The molecule has 208 valence electrons. The number of aromatic nitrogens is 2. The van der Waals surface area contributed by atoms with Crippen molar-refractivity contribution >= 4 is 23.2 Å². The molecule has 0 bridgehead atoms. The van der Waals surface area contributed by atoms with E-state index in [0.29, 0.717) is 18.1 Å². The smallest absolute Gasteiger partial charge is 0.274 e. The first kappa shape index (κ1) is 27.9. The van der Waals surface area contributed by atoms with Crippen molar-refractivity contribution in [2.75, 3.05) is 51.2 Å². The number of anilines is 1. The van der Waals surface area contributed by atoms with Crippen LogP contribution in [0.15, 0.2) is 72.8 Å². The Balaban J connectivity index is 1.23. The molecule has 1 saturated heterocycles. The van der Waals surface area contributed by atoms with Crippen LogP contribution in [-0.4, -0.2) is 71.6 Å². The summed E-state index contributed by atoms with van der Waals surface area (Å²) in [6.45, 7) is 9.40. The topological polar surface area (TPSA) is 44.6 Å². The average molecular weight is 560 g/mol. The van der Waals surface area contributed by atoms with Crippen LogP contribution in [0.2, 0.25) is 5.02 Å². The quantitative estimate of drug-likeness (QED) is 0.257. The number of nitrogens with zero attached hydrogens (tertiary/aromatic N) is 5. The van der Waals surface area contributed by atoms with Crippen LogP contribution < -0.4 is 4.90 Å². The van der Waals surface area contributed by atoms with E-state index in [-0.39, 0.29) is 11.7 Å². The van der Waals surface area contributed by atoms with Crippen LogP contribution in [0.25, 0.3) is 17.1 Å². The van der Waals surface area contributed by atoms with Gasteiger partial charge in [0.05, 0.1) is 5.69 Å². The van der Waals surface area contributed by atoms with Crippen LogP contribution in [0.1, 0.15) is 28.2 Å². The van der Waals surface area contributed by atoms with Gasteiger partial charge in [-0.05, 0) is 68.8 Å². The number of carbonyl (C=O) groups is 1. The van der Waals surface area contributed by atoms with Gasteiger partial charge in [-0.1, -0.05) is 48.0 Å². The second-order valence-corrected chi connectivity index (χ2v) is 10.7. The first-order valence-electron chi connectivity index (χ1n) is 13.7. The summed E-state index contributed by atoms with van der Waals surface area (Å²) in [7, 11) is 1.83. The minimum Gasteiger partial charge on any atom is -0.369 e. The number of carbonyl (C=O) groups excluding carboxylic acids is 1. The second-order valence-electron chi connectivity index (χ2n) is 10.3. The Labute approximate surface area is 240 Å². The van der Waals surface area contributed by atoms with Crippen LogP contribution in [0.3, 0.4) is 0 Å². The molecule has 0 N–H and O–H groups in total. The maximum absolute atomic E-state index is 13.6. The minimum atomic E-state index is -0.306. The summed E-state index contributed by atoms with van der Waals surface area (Å²) in [4.78, 5) is 25.0. The number of imidazole rings is 1.